The first-order valence-electron chi connectivity index (χ1n) is 1.65. The van der Waals surface area contributed by atoms with E-state index in [1.54, 1.807) is 6.92 Å². The third-order valence-electron chi connectivity index (χ3n) is 0.254. The Morgan fingerprint density at radius 1 is 1.86 bits per heavy atom. The van der Waals surface area contributed by atoms with E-state index in [9.17, 15) is 4.79 Å². The third-order valence-corrected chi connectivity index (χ3v) is 0.254. The summed E-state index contributed by atoms with van der Waals surface area (Å²) in [6.45, 7) is 1.54. The second-order valence-corrected chi connectivity index (χ2v) is 0.773. The van der Waals surface area contributed by atoms with Gasteiger partial charge in [0, 0.05) is 6.92 Å². The van der Waals surface area contributed by atoms with Crippen LogP contribution in [0.5, 0.6) is 0 Å². The van der Waals surface area contributed by atoms with Crippen LogP contribution in [0.2, 0.25) is 0 Å². The highest BCUT2D eigenvalue weighted by molar-refractivity contribution is 5.65. The highest BCUT2D eigenvalue weighted by Gasteiger charge is 1.81. The van der Waals surface area contributed by atoms with Crippen molar-refractivity contribution in [2.24, 2.45) is 5.73 Å². The lowest BCUT2D eigenvalue weighted by molar-refractivity contribution is 0.202. The number of ether oxygens (including phenoxy) is 1. The van der Waals surface area contributed by atoms with Crippen molar-refractivity contribution < 1.29 is 9.53 Å². The minimum atomic E-state index is -0.866. The minimum Gasteiger partial charge on any atom is -0.356 e. The molecule has 0 unspecified atom stereocenters. The number of carbonyl (C=O) groups excluding carboxylic acids is 1. The summed E-state index contributed by atoms with van der Waals surface area (Å²) >= 11 is 0. The molecule has 0 radical (unpaired) electrons. The zero-order chi connectivity index (χ0) is 5.70. The van der Waals surface area contributed by atoms with E-state index in [1.807, 2.05) is 6.11 Å². The number of rotatable bonds is 0. The van der Waals surface area contributed by atoms with Crippen LogP contribution < -0.4 is 5.73 Å². The summed E-state index contributed by atoms with van der Waals surface area (Å²) in [7, 11) is 0. The third kappa shape index (κ3) is 4.83. The van der Waals surface area contributed by atoms with E-state index < -0.39 is 6.09 Å². The molecule has 0 aliphatic carbocycles. The maximum absolute atomic E-state index is 9.66. The van der Waals surface area contributed by atoms with Crippen molar-refractivity contribution in [3.8, 4) is 12.0 Å². The molecule has 0 aliphatic heterocycles. The van der Waals surface area contributed by atoms with E-state index in [4.69, 9.17) is 0 Å². The van der Waals surface area contributed by atoms with Crippen LogP contribution in [0.15, 0.2) is 0 Å². The molecule has 0 atom stereocenters. The van der Waals surface area contributed by atoms with Gasteiger partial charge in [-0.1, -0.05) is 5.92 Å². The first-order valence-corrected chi connectivity index (χ1v) is 1.65. The summed E-state index contributed by atoms with van der Waals surface area (Å²) in [5.74, 6) is 2.33. The molecule has 0 aromatic heterocycles. The topological polar surface area (TPSA) is 52.3 Å². The molecule has 0 saturated heterocycles. The van der Waals surface area contributed by atoms with Gasteiger partial charge < -0.3 is 10.5 Å². The quantitative estimate of drug-likeness (QED) is 0.436. The van der Waals surface area contributed by atoms with Gasteiger partial charge in [0.05, 0.1) is 0 Å². The Bertz CT molecular complexity index is 119. The summed E-state index contributed by atoms with van der Waals surface area (Å²) in [6, 6.07) is 0. The number of hydrogen-bond acceptors (Lipinski definition) is 2. The van der Waals surface area contributed by atoms with E-state index in [0.717, 1.165) is 0 Å². The minimum absolute atomic E-state index is 0.866. The first kappa shape index (κ1) is 5.83. The molecule has 3 heteroatoms. The molecule has 0 aromatic rings. The fourth-order valence-electron chi connectivity index (χ4n) is 0.101. The lowest BCUT2D eigenvalue weighted by Gasteiger charge is -1.79. The summed E-state index contributed by atoms with van der Waals surface area (Å²) in [5, 5.41) is 0. The smallest absolute Gasteiger partial charge is 0.356 e. The molecule has 0 rings (SSSR count). The molecule has 1 amide bonds. The van der Waals surface area contributed by atoms with Gasteiger partial charge in [-0.2, -0.15) is 0 Å². The second kappa shape index (κ2) is 3.04. The van der Waals surface area contributed by atoms with Crippen LogP contribution in [0.3, 0.4) is 0 Å². The fraction of sp³-hybridized carbons (Fsp3) is 0.250. The average Bonchev–Trinajstić information content (AvgIpc) is 1.61. The molecular formula is C4H5NO2. The van der Waals surface area contributed by atoms with Crippen LogP contribution in [0.25, 0.3) is 0 Å². The Kier molecular flexibility index (Phi) is 2.53. The highest BCUT2D eigenvalue weighted by Crippen LogP contribution is 1.63. The van der Waals surface area contributed by atoms with Crippen LogP contribution >= 0.6 is 0 Å². The van der Waals surface area contributed by atoms with Gasteiger partial charge in [-0.05, 0) is 0 Å². The highest BCUT2D eigenvalue weighted by atomic mass is 16.5. The van der Waals surface area contributed by atoms with Crippen molar-refractivity contribution in [2.45, 2.75) is 6.92 Å². The Balaban J connectivity index is 3.26. The van der Waals surface area contributed by atoms with E-state index in [2.05, 4.69) is 16.4 Å². The van der Waals surface area contributed by atoms with Crippen molar-refractivity contribution in [3.05, 3.63) is 0 Å². The normalized spacial score (nSPS) is 5.86. The summed E-state index contributed by atoms with van der Waals surface area (Å²) < 4.78 is 3.97. The van der Waals surface area contributed by atoms with Crippen molar-refractivity contribution in [2.75, 3.05) is 0 Å². The summed E-state index contributed by atoms with van der Waals surface area (Å²) in [5.41, 5.74) is 4.51. The fourth-order valence-corrected chi connectivity index (χ4v) is 0.101. The number of hydrogen-bond donors (Lipinski definition) is 1. The van der Waals surface area contributed by atoms with Crippen LogP contribution in [-0.4, -0.2) is 6.09 Å². The van der Waals surface area contributed by atoms with E-state index in [0.29, 0.717) is 0 Å². The standard InChI is InChI=1S/C4H5NO2/c1-2-3-7-4(5)6/h1H3,(H2,5,6). The van der Waals surface area contributed by atoms with Gasteiger partial charge in [-0.3, -0.25) is 0 Å². The van der Waals surface area contributed by atoms with Gasteiger partial charge in [0.25, 0.3) is 0 Å². The lowest BCUT2D eigenvalue weighted by Crippen LogP contribution is -2.08. The van der Waals surface area contributed by atoms with Gasteiger partial charge in [0.1, 0.15) is 6.11 Å². The van der Waals surface area contributed by atoms with Gasteiger partial charge in [0.2, 0.25) is 0 Å². The number of nitrogens with two attached hydrogens (primary N) is 1. The van der Waals surface area contributed by atoms with E-state index in [1.165, 1.54) is 0 Å². The Morgan fingerprint density at radius 3 is 2.57 bits per heavy atom. The van der Waals surface area contributed by atoms with Crippen LogP contribution in [-0.2, 0) is 4.74 Å². The lowest BCUT2D eigenvalue weighted by atomic mass is 10.8. The van der Waals surface area contributed by atoms with Gasteiger partial charge in [-0.25, -0.2) is 4.79 Å². The predicted octanol–water partition coefficient (Wildman–Crippen LogP) is 0.0625. The van der Waals surface area contributed by atoms with E-state index >= 15 is 0 Å². The number of primary amides is 1. The van der Waals surface area contributed by atoms with Crippen molar-refractivity contribution in [1.82, 2.24) is 0 Å². The Hall–Kier alpha value is -1.17. The summed E-state index contributed by atoms with van der Waals surface area (Å²) in [4.78, 5) is 9.66. The molecule has 0 aromatic carbocycles. The summed E-state index contributed by atoms with van der Waals surface area (Å²) in [6.07, 6.45) is 1.16. The Morgan fingerprint density at radius 2 is 2.43 bits per heavy atom. The number of carbonyl (C=O) groups is 1. The molecule has 0 bridgehead atoms. The molecule has 0 aliphatic rings. The molecule has 0 heterocycles. The molecule has 0 fully saturated rings. The van der Waals surface area contributed by atoms with Gasteiger partial charge in [0.15, 0.2) is 0 Å². The monoisotopic (exact) mass is 99.0 g/mol. The molecular weight excluding hydrogens is 94.0 g/mol. The van der Waals surface area contributed by atoms with Crippen molar-refractivity contribution in [3.63, 3.8) is 0 Å². The molecule has 38 valence electrons. The maximum Gasteiger partial charge on any atom is 0.418 e. The number of amides is 1. The van der Waals surface area contributed by atoms with Crippen LogP contribution in [0, 0.1) is 12.0 Å². The molecule has 2 N–H and O–H groups in total. The Labute approximate surface area is 41.4 Å². The largest absolute Gasteiger partial charge is 0.418 e. The van der Waals surface area contributed by atoms with Crippen LogP contribution in [0.4, 0.5) is 4.79 Å². The van der Waals surface area contributed by atoms with Crippen molar-refractivity contribution >= 4 is 6.09 Å². The zero-order valence-electron chi connectivity index (χ0n) is 3.89. The molecule has 7 heavy (non-hydrogen) atoms. The van der Waals surface area contributed by atoms with Gasteiger partial charge in [-0.15, -0.1) is 0 Å². The molecule has 3 nitrogen and oxygen atoms in total. The molecule has 0 spiro atoms. The van der Waals surface area contributed by atoms with Gasteiger partial charge >= 0.3 is 6.09 Å². The zero-order valence-corrected chi connectivity index (χ0v) is 3.89. The first-order chi connectivity index (χ1) is 3.27. The van der Waals surface area contributed by atoms with Crippen molar-refractivity contribution in [1.29, 1.82) is 0 Å². The maximum atomic E-state index is 9.66. The second-order valence-electron chi connectivity index (χ2n) is 0.773. The van der Waals surface area contributed by atoms with E-state index in [-0.39, 0.29) is 0 Å². The average molecular weight is 99.1 g/mol. The SMILES string of the molecule is CC#COC(N)=O. The molecule has 0 saturated carbocycles. The van der Waals surface area contributed by atoms with Crippen LogP contribution in [0.1, 0.15) is 6.92 Å². The predicted molar refractivity (Wildman–Crippen MR) is 24.1 cm³/mol.